The van der Waals surface area contributed by atoms with Crippen LogP contribution in [-0.2, 0) is 6.42 Å². The van der Waals surface area contributed by atoms with E-state index in [1.165, 1.54) is 17.5 Å². The molecule has 3 nitrogen and oxygen atoms in total. The van der Waals surface area contributed by atoms with E-state index in [2.05, 4.69) is 16.0 Å². The zero-order valence-corrected chi connectivity index (χ0v) is 9.97. The summed E-state index contributed by atoms with van der Waals surface area (Å²) in [5.74, 6) is 0.0254. The number of Topliss-reactive ketones (excluding diaryl/α,β-unsaturated/α-hetero) is 1. The van der Waals surface area contributed by atoms with E-state index in [9.17, 15) is 4.79 Å². The predicted octanol–water partition coefficient (Wildman–Crippen LogP) is 2.52. The largest absolute Gasteiger partial charge is 0.292 e. The summed E-state index contributed by atoms with van der Waals surface area (Å²) in [6, 6.07) is 7.81. The number of aryl methyl sites for hydroxylation is 2. The molecule has 2 aromatic rings. The van der Waals surface area contributed by atoms with E-state index < -0.39 is 0 Å². The smallest absolute Gasteiger partial charge is 0.185 e. The van der Waals surface area contributed by atoms with E-state index in [4.69, 9.17) is 0 Å². The van der Waals surface area contributed by atoms with Crippen LogP contribution in [0.2, 0.25) is 0 Å². The molecule has 86 valence electrons. The molecule has 0 radical (unpaired) electrons. The number of carbonyl (C=O) groups excluding carboxylic acids is 1. The fourth-order valence-corrected chi connectivity index (χ4v) is 1.90. The summed E-state index contributed by atoms with van der Waals surface area (Å²) in [5.41, 5.74) is 3.86. The molecule has 17 heavy (non-hydrogen) atoms. The van der Waals surface area contributed by atoms with E-state index in [1.54, 1.807) is 12.3 Å². The third kappa shape index (κ3) is 2.97. The molecule has 3 heteroatoms. The monoisotopic (exact) mass is 226 g/mol. The van der Waals surface area contributed by atoms with Crippen LogP contribution in [0.15, 0.2) is 36.8 Å². The van der Waals surface area contributed by atoms with Crippen LogP contribution in [0.25, 0.3) is 0 Å². The Bertz CT molecular complexity index is 515. The summed E-state index contributed by atoms with van der Waals surface area (Å²) in [4.78, 5) is 19.7. The van der Waals surface area contributed by atoms with Gasteiger partial charge in [0.15, 0.2) is 5.78 Å². The van der Waals surface area contributed by atoms with Gasteiger partial charge in [-0.25, -0.2) is 9.97 Å². The van der Waals surface area contributed by atoms with Crippen molar-refractivity contribution in [3.63, 3.8) is 0 Å². The highest BCUT2D eigenvalue weighted by Gasteiger charge is 2.08. The molecule has 0 aliphatic heterocycles. The van der Waals surface area contributed by atoms with Crippen LogP contribution in [0, 0.1) is 13.8 Å². The van der Waals surface area contributed by atoms with Gasteiger partial charge in [0.25, 0.3) is 0 Å². The number of aromatic nitrogens is 2. The third-order valence-corrected chi connectivity index (χ3v) is 2.51. The lowest BCUT2D eigenvalue weighted by Gasteiger charge is -2.04. The Balaban J connectivity index is 2.19. The lowest BCUT2D eigenvalue weighted by molar-refractivity contribution is 0.0988. The Kier molecular flexibility index (Phi) is 3.28. The molecule has 1 aromatic heterocycles. The first kappa shape index (κ1) is 11.5. The molecule has 1 aromatic carbocycles. The maximum absolute atomic E-state index is 11.9. The Labute approximate surface area is 101 Å². The topological polar surface area (TPSA) is 42.9 Å². The van der Waals surface area contributed by atoms with Crippen molar-refractivity contribution in [2.75, 3.05) is 0 Å². The van der Waals surface area contributed by atoms with Crippen LogP contribution in [-0.4, -0.2) is 15.8 Å². The molecule has 0 unspecified atom stereocenters. The van der Waals surface area contributed by atoms with Crippen molar-refractivity contribution < 1.29 is 4.79 Å². The van der Waals surface area contributed by atoms with Gasteiger partial charge in [-0.3, -0.25) is 4.79 Å². The molecular formula is C14H14N2O. The molecule has 0 bridgehead atoms. The molecule has 2 rings (SSSR count). The number of nitrogens with zero attached hydrogens (tertiary/aromatic N) is 2. The minimum Gasteiger partial charge on any atom is -0.292 e. The van der Waals surface area contributed by atoms with Gasteiger partial charge in [0.05, 0.1) is 0 Å². The number of benzene rings is 1. The van der Waals surface area contributed by atoms with Gasteiger partial charge in [-0.15, -0.1) is 0 Å². The quantitative estimate of drug-likeness (QED) is 0.755. The fourth-order valence-electron chi connectivity index (χ4n) is 1.90. The number of ketones is 1. The van der Waals surface area contributed by atoms with Crippen LogP contribution in [0.3, 0.4) is 0 Å². The molecule has 1 heterocycles. The van der Waals surface area contributed by atoms with E-state index in [0.717, 1.165) is 5.56 Å². The Hall–Kier alpha value is -2.03. The van der Waals surface area contributed by atoms with Crippen molar-refractivity contribution in [3.05, 3.63) is 59.2 Å². The molecule has 0 saturated carbocycles. The van der Waals surface area contributed by atoms with Crippen molar-refractivity contribution in [1.29, 1.82) is 0 Å². The third-order valence-electron chi connectivity index (χ3n) is 2.51. The van der Waals surface area contributed by atoms with Crippen LogP contribution >= 0.6 is 0 Å². The second-order valence-electron chi connectivity index (χ2n) is 4.19. The predicted molar refractivity (Wildman–Crippen MR) is 66.0 cm³/mol. The number of carbonyl (C=O) groups is 1. The summed E-state index contributed by atoms with van der Waals surface area (Å²) < 4.78 is 0. The maximum Gasteiger partial charge on any atom is 0.185 e. The SMILES string of the molecule is Cc1cc(C)cc(CC(=O)c2ccncn2)c1. The van der Waals surface area contributed by atoms with Crippen LogP contribution in [0.1, 0.15) is 27.2 Å². The van der Waals surface area contributed by atoms with Gasteiger partial charge >= 0.3 is 0 Å². The Morgan fingerprint density at radius 2 is 1.88 bits per heavy atom. The summed E-state index contributed by atoms with van der Waals surface area (Å²) >= 11 is 0. The van der Waals surface area contributed by atoms with Gasteiger partial charge in [0, 0.05) is 12.6 Å². The molecule has 0 atom stereocenters. The molecule has 0 fully saturated rings. The number of hydrogen-bond donors (Lipinski definition) is 0. The minimum atomic E-state index is 0.0254. The zero-order chi connectivity index (χ0) is 12.3. The van der Waals surface area contributed by atoms with Crippen LogP contribution < -0.4 is 0 Å². The van der Waals surface area contributed by atoms with Crippen LogP contribution in [0.4, 0.5) is 0 Å². The molecule has 0 saturated heterocycles. The lowest BCUT2D eigenvalue weighted by atomic mass is 10.0. The first-order valence-corrected chi connectivity index (χ1v) is 5.51. The molecule has 0 amide bonds. The van der Waals surface area contributed by atoms with Crippen molar-refractivity contribution >= 4 is 5.78 Å². The van der Waals surface area contributed by atoms with Crippen molar-refractivity contribution in [3.8, 4) is 0 Å². The second-order valence-corrected chi connectivity index (χ2v) is 4.19. The van der Waals surface area contributed by atoms with Gasteiger partial charge in [0.1, 0.15) is 12.0 Å². The molecule has 0 aliphatic carbocycles. The molecule has 0 aliphatic rings. The van der Waals surface area contributed by atoms with Crippen molar-refractivity contribution in [2.24, 2.45) is 0 Å². The first-order valence-electron chi connectivity index (χ1n) is 5.51. The second kappa shape index (κ2) is 4.87. The van der Waals surface area contributed by atoms with Crippen molar-refractivity contribution in [1.82, 2.24) is 9.97 Å². The van der Waals surface area contributed by atoms with E-state index in [-0.39, 0.29) is 5.78 Å². The summed E-state index contributed by atoms with van der Waals surface area (Å²) in [7, 11) is 0. The highest BCUT2D eigenvalue weighted by molar-refractivity contribution is 5.95. The maximum atomic E-state index is 11.9. The first-order chi connectivity index (χ1) is 8.15. The minimum absolute atomic E-state index is 0.0254. The zero-order valence-electron chi connectivity index (χ0n) is 9.97. The summed E-state index contributed by atoms with van der Waals surface area (Å²) in [5, 5.41) is 0. The van der Waals surface area contributed by atoms with Gasteiger partial charge < -0.3 is 0 Å². The van der Waals surface area contributed by atoms with Crippen molar-refractivity contribution in [2.45, 2.75) is 20.3 Å². The lowest BCUT2D eigenvalue weighted by Crippen LogP contribution is -2.06. The molecule has 0 spiro atoms. The highest BCUT2D eigenvalue weighted by Crippen LogP contribution is 2.11. The van der Waals surface area contributed by atoms with Gasteiger partial charge in [0.2, 0.25) is 0 Å². The highest BCUT2D eigenvalue weighted by atomic mass is 16.1. The number of rotatable bonds is 3. The summed E-state index contributed by atoms with van der Waals surface area (Å²) in [6.45, 7) is 4.07. The fraction of sp³-hybridized carbons (Fsp3) is 0.214. The molecular weight excluding hydrogens is 212 g/mol. The normalized spacial score (nSPS) is 10.2. The summed E-state index contributed by atoms with van der Waals surface area (Å²) in [6.07, 6.45) is 3.37. The van der Waals surface area contributed by atoms with Gasteiger partial charge in [-0.1, -0.05) is 29.3 Å². The average molecular weight is 226 g/mol. The van der Waals surface area contributed by atoms with E-state index in [0.29, 0.717) is 12.1 Å². The average Bonchev–Trinajstić information content (AvgIpc) is 2.28. The standard InChI is InChI=1S/C14H14N2O/c1-10-5-11(2)7-12(6-10)8-14(17)13-3-4-15-9-16-13/h3-7,9H,8H2,1-2H3. The van der Waals surface area contributed by atoms with Crippen LogP contribution in [0.5, 0.6) is 0 Å². The van der Waals surface area contributed by atoms with Gasteiger partial charge in [-0.2, -0.15) is 0 Å². The van der Waals surface area contributed by atoms with E-state index in [1.807, 2.05) is 26.0 Å². The molecule has 0 N–H and O–H groups in total. The number of hydrogen-bond acceptors (Lipinski definition) is 3. The van der Waals surface area contributed by atoms with Gasteiger partial charge in [-0.05, 0) is 25.5 Å². The Morgan fingerprint density at radius 3 is 2.47 bits per heavy atom. The Morgan fingerprint density at radius 1 is 1.18 bits per heavy atom. The van der Waals surface area contributed by atoms with E-state index >= 15 is 0 Å².